The van der Waals surface area contributed by atoms with E-state index in [4.69, 9.17) is 33.2 Å². The van der Waals surface area contributed by atoms with E-state index in [1.807, 2.05) is 0 Å². The normalized spacial score (nSPS) is 24.4. The fraction of sp³-hybridized carbons (Fsp3) is 0.200. The largest absolute Gasteiger partial charge is 0.507 e. The maximum Gasteiger partial charge on any atom is 0.339 e. The molecule has 31 nitrogen and oxygen atoms in total. The third kappa shape index (κ3) is 7.56. The standard InChI is InChI=1S/C55H38O31/c56-17-9-26-31(45-13(17)5-25(64)44(82-45)11-1-18(57)35(65)19(58)2-11)33-47-48(85-53(78)16-8-24(63)39(69)42(72)30(16)32-34(54(79)84-47)55(33,86-26)49(74)43(32)73)46-27(81-50(75)12-3-20(59)36(66)21(60)4-12)10-80-51(76)14-6-22(61)37(67)40(70)28(14)29-15(52(77)83-46)7-23(62)38(68)41(29)71/h1-4,6-9,25,27,33-34,44,46-48,56-73H,5,10H2/t25-,27+,33?,34+,44+,46+,47-,48-,55+/m0/s1. The molecule has 5 heterocycles. The Morgan fingerprint density at radius 2 is 1.00 bits per heavy atom. The number of aliphatic hydroxyl groups is 2. The molecule has 1 saturated heterocycles. The second-order valence-electron chi connectivity index (χ2n) is 20.3. The Bertz CT molecular complexity index is 4130. The van der Waals surface area contributed by atoms with Crippen molar-refractivity contribution in [2.75, 3.05) is 6.61 Å². The van der Waals surface area contributed by atoms with Gasteiger partial charge in [0.2, 0.25) is 28.6 Å². The summed E-state index contributed by atoms with van der Waals surface area (Å²) in [5.74, 6) is -38.7. The lowest BCUT2D eigenvalue weighted by molar-refractivity contribution is -0.200. The number of hydrogen-bond acceptors (Lipinski definition) is 31. The Morgan fingerprint density at radius 1 is 0.512 bits per heavy atom. The lowest BCUT2D eigenvalue weighted by atomic mass is 9.66. The molecule has 1 aliphatic carbocycles. The summed E-state index contributed by atoms with van der Waals surface area (Å²) >= 11 is 0. The van der Waals surface area contributed by atoms with Crippen molar-refractivity contribution in [1.29, 1.82) is 0 Å². The molecule has 6 aliphatic rings. The van der Waals surface area contributed by atoms with Gasteiger partial charge in [-0.2, -0.15) is 0 Å². The number of Topliss-reactive ketones (excluding diaryl/α,β-unsaturated/α-hetero) is 1. The lowest BCUT2D eigenvalue weighted by Gasteiger charge is -2.47. The molecule has 0 saturated carbocycles. The molecule has 0 aromatic heterocycles. The number of ketones is 1. The maximum absolute atomic E-state index is 15.5. The van der Waals surface area contributed by atoms with E-state index in [1.54, 1.807) is 0 Å². The summed E-state index contributed by atoms with van der Waals surface area (Å²) in [5.41, 5.74) is -13.4. The van der Waals surface area contributed by atoms with Crippen molar-refractivity contribution in [2.24, 2.45) is 5.92 Å². The number of phenolic OH excluding ortho intramolecular Hbond substituents is 16. The van der Waals surface area contributed by atoms with Crippen molar-refractivity contribution in [3.05, 3.63) is 98.8 Å². The van der Waals surface area contributed by atoms with E-state index in [9.17, 15) is 102 Å². The van der Waals surface area contributed by atoms with Crippen LogP contribution in [-0.4, -0.2) is 170 Å². The van der Waals surface area contributed by atoms with Crippen LogP contribution in [0.3, 0.4) is 0 Å². The Balaban J connectivity index is 1.15. The highest BCUT2D eigenvalue weighted by molar-refractivity contribution is 6.21. The number of fused-ring (bicyclic) bond motifs is 8. The highest BCUT2D eigenvalue weighted by Crippen LogP contribution is 2.67. The number of phenols is 16. The lowest BCUT2D eigenvalue weighted by Crippen LogP contribution is -2.65. The van der Waals surface area contributed by atoms with E-state index in [1.165, 1.54) is 0 Å². The van der Waals surface area contributed by atoms with Gasteiger partial charge in [0.05, 0.1) is 34.3 Å². The van der Waals surface area contributed by atoms with E-state index in [-0.39, 0.29) is 11.1 Å². The molecule has 1 unspecified atom stereocenters. The average Bonchev–Trinajstić information content (AvgIpc) is 1.50. The molecule has 1 spiro atoms. The number of esters is 5. The molecule has 86 heavy (non-hydrogen) atoms. The minimum absolute atomic E-state index is 0.286. The summed E-state index contributed by atoms with van der Waals surface area (Å²) in [6.07, 6.45) is -15.4. The number of benzene rings is 6. The summed E-state index contributed by atoms with van der Waals surface area (Å²) < 4.78 is 42.3. The fourth-order valence-corrected chi connectivity index (χ4v) is 11.8. The van der Waals surface area contributed by atoms with Gasteiger partial charge in [-0.3, -0.25) is 9.59 Å². The zero-order valence-corrected chi connectivity index (χ0v) is 42.5. The number of ether oxygens (including phenoxy) is 7. The minimum atomic E-state index is -3.13. The van der Waals surface area contributed by atoms with Crippen LogP contribution in [0.5, 0.6) is 103 Å². The molecule has 6 aromatic carbocycles. The number of aromatic hydroxyl groups is 16. The van der Waals surface area contributed by atoms with E-state index in [0.29, 0.717) is 30.3 Å². The number of aliphatic hydroxyl groups excluding tert-OH is 2. The summed E-state index contributed by atoms with van der Waals surface area (Å²) in [5, 5.41) is 197. The van der Waals surface area contributed by atoms with Crippen LogP contribution in [-0.2, 0) is 39.7 Å². The van der Waals surface area contributed by atoms with Crippen LogP contribution in [0.15, 0.2) is 54.3 Å². The molecule has 31 heteroatoms. The number of cyclic esters (lactones) is 3. The van der Waals surface area contributed by atoms with Gasteiger partial charge < -0.3 is 125 Å². The number of carbonyl (C=O) groups is 6. The van der Waals surface area contributed by atoms with Crippen molar-refractivity contribution >= 4 is 41.2 Å². The zero-order valence-electron chi connectivity index (χ0n) is 42.5. The highest BCUT2D eigenvalue weighted by atomic mass is 16.6. The molecule has 444 valence electrons. The van der Waals surface area contributed by atoms with Gasteiger partial charge in [0.15, 0.2) is 105 Å². The summed E-state index contributed by atoms with van der Waals surface area (Å²) in [7, 11) is 0. The van der Waals surface area contributed by atoms with Gasteiger partial charge in [-0.1, -0.05) is 0 Å². The molecule has 1 fully saturated rings. The Kier molecular flexibility index (Phi) is 11.9. The molecule has 18 N–H and O–H groups in total. The smallest absolute Gasteiger partial charge is 0.339 e. The summed E-state index contributed by atoms with van der Waals surface area (Å²) in [6.45, 7) is -1.59. The van der Waals surface area contributed by atoms with Gasteiger partial charge >= 0.3 is 29.8 Å². The van der Waals surface area contributed by atoms with Crippen LogP contribution in [0.4, 0.5) is 0 Å². The quantitative estimate of drug-likeness (QED) is 0.0683. The fourth-order valence-electron chi connectivity index (χ4n) is 11.8. The van der Waals surface area contributed by atoms with Crippen LogP contribution >= 0.6 is 0 Å². The second kappa shape index (κ2) is 18.6. The number of carbonyl (C=O) groups excluding carboxylic acids is 6. The predicted octanol–water partition coefficient (Wildman–Crippen LogP) is 2.15. The van der Waals surface area contributed by atoms with Gasteiger partial charge in [-0.05, 0) is 42.5 Å². The molecule has 12 rings (SSSR count). The van der Waals surface area contributed by atoms with Gasteiger partial charge in [-0.25, -0.2) is 19.2 Å². The number of hydrogen-bond donors (Lipinski definition) is 18. The first-order valence-electron chi connectivity index (χ1n) is 24.8. The molecule has 0 amide bonds. The van der Waals surface area contributed by atoms with Crippen LogP contribution in [0.25, 0.3) is 16.7 Å². The molecule has 0 radical (unpaired) electrons. The highest BCUT2D eigenvalue weighted by Gasteiger charge is 2.76. The van der Waals surface area contributed by atoms with E-state index in [2.05, 4.69) is 0 Å². The average molecular weight is 1190 g/mol. The third-order valence-electron chi connectivity index (χ3n) is 15.6. The molecule has 6 aromatic rings. The first kappa shape index (κ1) is 54.8. The maximum atomic E-state index is 15.5. The summed E-state index contributed by atoms with van der Waals surface area (Å²) in [4.78, 5) is 90.2. The van der Waals surface area contributed by atoms with Crippen molar-refractivity contribution in [1.82, 2.24) is 0 Å². The predicted molar refractivity (Wildman–Crippen MR) is 269 cm³/mol. The Morgan fingerprint density at radius 3 is 1.56 bits per heavy atom. The minimum Gasteiger partial charge on any atom is -0.507 e. The molecule has 4 bridgehead atoms. The topological polar surface area (TPSA) is 531 Å². The van der Waals surface area contributed by atoms with E-state index >= 15 is 19.2 Å². The molecular weight excluding hydrogens is 1160 g/mol. The Hall–Kier alpha value is -11.8. The van der Waals surface area contributed by atoms with Gasteiger partial charge in [-0.15, -0.1) is 0 Å². The number of rotatable bonds is 4. The monoisotopic (exact) mass is 1190 g/mol. The van der Waals surface area contributed by atoms with Gasteiger partial charge in [0.1, 0.15) is 29.8 Å². The zero-order chi connectivity index (χ0) is 61.9. The van der Waals surface area contributed by atoms with Crippen molar-refractivity contribution in [2.45, 2.75) is 54.6 Å². The van der Waals surface area contributed by atoms with Crippen molar-refractivity contribution in [3.8, 4) is 115 Å². The first-order valence-corrected chi connectivity index (χ1v) is 24.8. The molecule has 5 aliphatic heterocycles. The van der Waals surface area contributed by atoms with Crippen LogP contribution < -0.4 is 9.47 Å². The molecule has 9 atom stereocenters. The van der Waals surface area contributed by atoms with Crippen molar-refractivity contribution in [3.63, 3.8) is 0 Å². The van der Waals surface area contributed by atoms with Crippen LogP contribution in [0.2, 0.25) is 0 Å². The summed E-state index contributed by atoms with van der Waals surface area (Å²) in [6, 6.07) is 4.62. The van der Waals surface area contributed by atoms with Crippen molar-refractivity contribution < 1.29 is 154 Å². The van der Waals surface area contributed by atoms with E-state index < -0.39 is 262 Å². The van der Waals surface area contributed by atoms with Gasteiger partial charge in [0, 0.05) is 51.4 Å². The molecular formula is C55H38O31. The SMILES string of the molecule is O=C(O[C@@H]1COC(=O)c2cc(O)c(O)c(O)c2-c2c(cc(O)c(O)c2O)C(=O)O[C@H]1[C@@H]1OC(=O)c2cc(O)c(O)c(O)c2C2=C(O)C(=O)[C@@]34Oc5cc(O)c6c(c5C3[C@@H]1OC(=O)[C@@H]24)O[C@H](c1cc(O)c(O)c(O)c1)[C@@H](O)C6)c1cc(O)c(O)c(O)c1. The second-order valence-corrected chi connectivity index (χ2v) is 20.3. The third-order valence-corrected chi connectivity index (χ3v) is 15.6. The van der Waals surface area contributed by atoms with Crippen LogP contribution in [0, 0.1) is 5.92 Å². The van der Waals surface area contributed by atoms with Gasteiger partial charge in [0.25, 0.3) is 0 Å². The van der Waals surface area contributed by atoms with E-state index in [0.717, 1.165) is 18.2 Å². The van der Waals surface area contributed by atoms with Crippen LogP contribution in [0.1, 0.15) is 75.7 Å². The first-order chi connectivity index (χ1) is 40.6. The Labute approximate surface area is 474 Å².